The van der Waals surface area contributed by atoms with Crippen LogP contribution >= 0.6 is 0 Å². The molecule has 1 aliphatic rings. The molecule has 0 nitrogen and oxygen atoms in total. The van der Waals surface area contributed by atoms with Gasteiger partial charge in [-0.1, -0.05) is 18.6 Å². The summed E-state index contributed by atoms with van der Waals surface area (Å²) in [5.74, 6) is 0.894. The summed E-state index contributed by atoms with van der Waals surface area (Å²) in [5.41, 5.74) is 1.56. The van der Waals surface area contributed by atoms with Gasteiger partial charge >= 0.3 is 0 Å². The summed E-state index contributed by atoms with van der Waals surface area (Å²) in [7, 11) is 0. The lowest BCUT2D eigenvalue weighted by molar-refractivity contribution is 0.624. The highest BCUT2D eigenvalue weighted by atomic mass is 14.1. The monoisotopic (exact) mass is 82.1 g/mol. The molecule has 0 heterocycles. The second-order valence-electron chi connectivity index (χ2n) is 2.08. The first kappa shape index (κ1) is 3.91. The molecule has 0 aromatic carbocycles. The molecule has 0 heteroatoms. The van der Waals surface area contributed by atoms with E-state index in [4.69, 9.17) is 0 Å². The molecule has 0 radical (unpaired) electrons. The van der Waals surface area contributed by atoms with Crippen molar-refractivity contribution in [2.24, 2.45) is 5.92 Å². The lowest BCUT2D eigenvalue weighted by Crippen LogP contribution is -2.03. The number of allylic oxidation sites excluding steroid dienone is 2. The highest BCUT2D eigenvalue weighted by Crippen LogP contribution is 2.24. The van der Waals surface area contributed by atoms with Gasteiger partial charge in [-0.15, -0.1) is 0 Å². The van der Waals surface area contributed by atoms with Crippen molar-refractivity contribution in [1.29, 1.82) is 0 Å². The summed E-state index contributed by atoms with van der Waals surface area (Å²) in [5, 5.41) is 0. The first-order valence-electron chi connectivity index (χ1n) is 2.47. The van der Waals surface area contributed by atoms with Crippen molar-refractivity contribution >= 4 is 0 Å². The van der Waals surface area contributed by atoms with Crippen molar-refractivity contribution < 1.29 is 0 Å². The van der Waals surface area contributed by atoms with E-state index in [1.165, 1.54) is 6.42 Å². The Bertz CT molecular complexity index is 80.0. The molecule has 1 unspecified atom stereocenters. The zero-order valence-electron chi connectivity index (χ0n) is 4.36. The molecule has 0 saturated carbocycles. The molecule has 0 aliphatic heterocycles. The molecule has 34 valence electrons. The molecule has 0 saturated heterocycles. The third-order valence-electron chi connectivity index (χ3n) is 1.57. The van der Waals surface area contributed by atoms with Gasteiger partial charge in [0.15, 0.2) is 0 Å². The van der Waals surface area contributed by atoms with Gasteiger partial charge in [0.2, 0.25) is 0 Å². The van der Waals surface area contributed by atoms with E-state index in [0.29, 0.717) is 0 Å². The van der Waals surface area contributed by atoms with E-state index < -0.39 is 0 Å². The molecule has 0 bridgehead atoms. The minimum absolute atomic E-state index is 0.894. The molecular formula is C6H10. The second kappa shape index (κ2) is 1.11. The summed E-state index contributed by atoms with van der Waals surface area (Å²) >= 11 is 0. The molecular weight excluding hydrogens is 72.1 g/mol. The minimum atomic E-state index is 0.894. The van der Waals surface area contributed by atoms with Crippen LogP contribution in [0.5, 0.6) is 0 Å². The van der Waals surface area contributed by atoms with Crippen molar-refractivity contribution in [3.63, 3.8) is 0 Å². The van der Waals surface area contributed by atoms with Crippen LogP contribution in [0.15, 0.2) is 11.6 Å². The van der Waals surface area contributed by atoms with E-state index in [9.17, 15) is 0 Å². The number of hydrogen-bond donors (Lipinski definition) is 0. The molecule has 0 fully saturated rings. The molecule has 1 rings (SSSR count). The standard InChI is InChI=1S/C6H10/c1-5-3-4-6(5)2/h3,6H,4H2,1-2H3. The molecule has 0 aromatic rings. The minimum Gasteiger partial charge on any atom is -0.0847 e. The van der Waals surface area contributed by atoms with E-state index >= 15 is 0 Å². The molecule has 6 heavy (non-hydrogen) atoms. The predicted molar refractivity (Wildman–Crippen MR) is 27.5 cm³/mol. The van der Waals surface area contributed by atoms with E-state index in [1.807, 2.05) is 0 Å². The van der Waals surface area contributed by atoms with E-state index in [0.717, 1.165) is 5.92 Å². The zero-order valence-corrected chi connectivity index (χ0v) is 4.36. The molecule has 0 amide bonds. The molecule has 1 atom stereocenters. The summed E-state index contributed by atoms with van der Waals surface area (Å²) in [6.07, 6.45) is 3.59. The summed E-state index contributed by atoms with van der Waals surface area (Å²) < 4.78 is 0. The van der Waals surface area contributed by atoms with Gasteiger partial charge < -0.3 is 0 Å². The fraction of sp³-hybridized carbons (Fsp3) is 0.667. The van der Waals surface area contributed by atoms with Gasteiger partial charge in [0.25, 0.3) is 0 Å². The largest absolute Gasteiger partial charge is 0.0847 e. The predicted octanol–water partition coefficient (Wildman–Crippen LogP) is 1.97. The maximum atomic E-state index is 2.28. The normalized spacial score (nSPS) is 31.7. The molecule has 0 N–H and O–H groups in total. The van der Waals surface area contributed by atoms with Crippen molar-refractivity contribution in [3.05, 3.63) is 11.6 Å². The third kappa shape index (κ3) is 0.368. The maximum absolute atomic E-state index is 2.28. The Morgan fingerprint density at radius 2 is 2.33 bits per heavy atom. The van der Waals surface area contributed by atoms with Crippen molar-refractivity contribution in [2.75, 3.05) is 0 Å². The first-order valence-corrected chi connectivity index (χ1v) is 2.47. The zero-order chi connectivity index (χ0) is 4.57. The van der Waals surface area contributed by atoms with E-state index in [2.05, 4.69) is 19.9 Å². The Morgan fingerprint density at radius 3 is 2.33 bits per heavy atom. The van der Waals surface area contributed by atoms with Gasteiger partial charge in [-0.2, -0.15) is 0 Å². The summed E-state index contributed by atoms with van der Waals surface area (Å²) in [6, 6.07) is 0. The lowest BCUT2D eigenvalue weighted by Gasteiger charge is -2.18. The van der Waals surface area contributed by atoms with Crippen molar-refractivity contribution in [2.45, 2.75) is 20.3 Å². The van der Waals surface area contributed by atoms with Gasteiger partial charge in [0.05, 0.1) is 0 Å². The van der Waals surface area contributed by atoms with Crippen LogP contribution in [0.4, 0.5) is 0 Å². The van der Waals surface area contributed by atoms with Gasteiger partial charge in [0.1, 0.15) is 0 Å². The third-order valence-corrected chi connectivity index (χ3v) is 1.57. The van der Waals surface area contributed by atoms with Crippen LogP contribution in [0.25, 0.3) is 0 Å². The SMILES string of the molecule is CC1=CCC1C. The Hall–Kier alpha value is -0.260. The Kier molecular flexibility index (Phi) is 0.722. The average Bonchev–Trinajstić information content (AvgIpc) is 1.61. The van der Waals surface area contributed by atoms with Crippen molar-refractivity contribution in [1.82, 2.24) is 0 Å². The molecule has 0 aromatic heterocycles. The number of rotatable bonds is 0. The highest BCUT2D eigenvalue weighted by molar-refractivity contribution is 5.13. The topological polar surface area (TPSA) is 0 Å². The lowest BCUT2D eigenvalue weighted by atomic mass is 9.88. The van der Waals surface area contributed by atoms with Crippen molar-refractivity contribution in [3.8, 4) is 0 Å². The van der Waals surface area contributed by atoms with Crippen LogP contribution in [-0.2, 0) is 0 Å². The van der Waals surface area contributed by atoms with E-state index in [1.54, 1.807) is 5.57 Å². The first-order chi connectivity index (χ1) is 2.80. The van der Waals surface area contributed by atoms with Crippen LogP contribution in [0, 0.1) is 5.92 Å². The van der Waals surface area contributed by atoms with Crippen LogP contribution in [-0.4, -0.2) is 0 Å². The van der Waals surface area contributed by atoms with Crippen LogP contribution < -0.4 is 0 Å². The van der Waals surface area contributed by atoms with Gasteiger partial charge in [-0.3, -0.25) is 0 Å². The fourth-order valence-corrected chi connectivity index (χ4v) is 0.589. The number of hydrogen-bond acceptors (Lipinski definition) is 0. The smallest absolute Gasteiger partial charge is 0.0200 e. The Balaban J connectivity index is 2.51. The second-order valence-corrected chi connectivity index (χ2v) is 2.08. The van der Waals surface area contributed by atoms with Crippen LogP contribution in [0.3, 0.4) is 0 Å². The maximum Gasteiger partial charge on any atom is -0.0200 e. The Labute approximate surface area is 38.9 Å². The Morgan fingerprint density at radius 1 is 1.83 bits per heavy atom. The highest BCUT2D eigenvalue weighted by Gasteiger charge is 2.09. The molecule has 0 spiro atoms. The summed E-state index contributed by atoms with van der Waals surface area (Å²) in [6.45, 7) is 4.45. The fourth-order valence-electron chi connectivity index (χ4n) is 0.589. The van der Waals surface area contributed by atoms with Gasteiger partial charge in [-0.25, -0.2) is 0 Å². The average molecular weight is 82.1 g/mol. The summed E-state index contributed by atoms with van der Waals surface area (Å²) in [4.78, 5) is 0. The quantitative estimate of drug-likeness (QED) is 0.392. The van der Waals surface area contributed by atoms with Crippen LogP contribution in [0.1, 0.15) is 20.3 Å². The van der Waals surface area contributed by atoms with Gasteiger partial charge in [-0.05, 0) is 19.3 Å². The molecule has 1 aliphatic carbocycles. The van der Waals surface area contributed by atoms with E-state index in [-0.39, 0.29) is 0 Å². The van der Waals surface area contributed by atoms with Crippen LogP contribution in [0.2, 0.25) is 0 Å². The van der Waals surface area contributed by atoms with Gasteiger partial charge in [0, 0.05) is 0 Å².